The molecule has 0 bridgehead atoms. The summed E-state index contributed by atoms with van der Waals surface area (Å²) in [6.45, 7) is 4.06. The molecule has 1 aliphatic carbocycles. The molecule has 4 aromatic rings. The van der Waals surface area contributed by atoms with E-state index in [-0.39, 0.29) is 30.2 Å². The normalized spacial score (nSPS) is 19.5. The highest BCUT2D eigenvalue weighted by Crippen LogP contribution is 2.51. The summed E-state index contributed by atoms with van der Waals surface area (Å²) >= 11 is 0. The van der Waals surface area contributed by atoms with E-state index in [1.807, 2.05) is 24.3 Å². The lowest BCUT2D eigenvalue weighted by molar-refractivity contribution is -0.138. The number of para-hydroxylation sites is 1. The minimum Gasteiger partial charge on any atom is -0.378 e. The zero-order valence-corrected chi connectivity index (χ0v) is 25.7. The topological polar surface area (TPSA) is 70.2 Å². The third-order valence-electron chi connectivity index (χ3n) is 9.44. The summed E-state index contributed by atoms with van der Waals surface area (Å²) in [5.41, 5.74) is 1.80. The van der Waals surface area contributed by atoms with E-state index in [0.29, 0.717) is 49.5 Å². The molecule has 0 aromatic heterocycles. The summed E-state index contributed by atoms with van der Waals surface area (Å²) in [4.78, 5) is 46.9. The minimum atomic E-state index is -4.64. The Morgan fingerprint density at radius 2 is 1.53 bits per heavy atom. The van der Waals surface area contributed by atoms with E-state index in [1.54, 1.807) is 60.4 Å². The molecule has 0 saturated carbocycles. The molecule has 0 N–H and O–H groups in total. The second-order valence-electron chi connectivity index (χ2n) is 12.0. The van der Waals surface area contributed by atoms with Crippen LogP contribution in [0.25, 0.3) is 11.1 Å². The van der Waals surface area contributed by atoms with Gasteiger partial charge in [-0.25, -0.2) is 0 Å². The Labute approximate surface area is 270 Å². The predicted octanol–water partition coefficient (Wildman–Crippen LogP) is 6.76. The van der Waals surface area contributed by atoms with E-state index in [9.17, 15) is 27.6 Å². The quantitative estimate of drug-likeness (QED) is 0.232. The first kappa shape index (κ1) is 30.7. The Balaban J connectivity index is 1.30. The van der Waals surface area contributed by atoms with Crippen LogP contribution in [0.15, 0.2) is 91.0 Å². The number of hydrogen-bond acceptors (Lipinski definition) is 4. The van der Waals surface area contributed by atoms with E-state index in [2.05, 4.69) is 0 Å². The standard InChI is InChI=1S/C37H32F3N3O4/c1-2-42-31-15-13-28(37(38,39)40)23-32(31)43(29-6-4-3-5-7-29)35(46)36(34(42)45)17-16-27-22-26(12-14-30(27)36)24-8-10-25(11-9-24)33(44)41-18-20-47-21-19-41/h3-15,22-23H,2,16-21H2,1H3. The fourth-order valence-electron chi connectivity index (χ4n) is 7.04. The summed E-state index contributed by atoms with van der Waals surface area (Å²) in [7, 11) is 0. The van der Waals surface area contributed by atoms with Crippen LogP contribution < -0.4 is 9.80 Å². The van der Waals surface area contributed by atoms with Gasteiger partial charge in [-0.3, -0.25) is 19.3 Å². The van der Waals surface area contributed by atoms with Crippen molar-refractivity contribution in [3.8, 4) is 11.1 Å². The molecular formula is C37H32F3N3O4. The number of anilines is 3. The Morgan fingerprint density at radius 3 is 2.21 bits per heavy atom. The number of aryl methyl sites for hydroxylation is 1. The molecule has 7 rings (SSSR count). The third-order valence-corrected chi connectivity index (χ3v) is 9.44. The number of nitrogens with zero attached hydrogens (tertiary/aromatic N) is 3. The molecule has 7 nitrogen and oxygen atoms in total. The molecule has 3 aliphatic rings. The SMILES string of the molecule is CCN1C(=O)C2(CCc3cc(-c4ccc(C(=O)N5CCOCC5)cc4)ccc32)C(=O)N(c2ccccc2)c2cc(C(F)(F)F)ccc21. The smallest absolute Gasteiger partial charge is 0.378 e. The Morgan fingerprint density at radius 1 is 0.830 bits per heavy atom. The first-order valence-electron chi connectivity index (χ1n) is 15.7. The number of fused-ring (bicyclic) bond motifs is 3. The summed E-state index contributed by atoms with van der Waals surface area (Å²) in [6, 6.07) is 24.7. The molecular weight excluding hydrogens is 607 g/mol. The summed E-state index contributed by atoms with van der Waals surface area (Å²) in [5, 5.41) is 0. The highest BCUT2D eigenvalue weighted by molar-refractivity contribution is 6.27. The van der Waals surface area contributed by atoms with Crippen LogP contribution in [0.5, 0.6) is 0 Å². The number of carbonyl (C=O) groups is 3. The fourth-order valence-corrected chi connectivity index (χ4v) is 7.04. The van der Waals surface area contributed by atoms with Crippen LogP contribution in [0.2, 0.25) is 0 Å². The van der Waals surface area contributed by atoms with Crippen LogP contribution in [0.3, 0.4) is 0 Å². The number of carbonyl (C=O) groups excluding carboxylic acids is 3. The molecule has 10 heteroatoms. The van der Waals surface area contributed by atoms with Gasteiger partial charge in [0.2, 0.25) is 5.91 Å². The molecule has 1 saturated heterocycles. The van der Waals surface area contributed by atoms with E-state index in [0.717, 1.165) is 28.8 Å². The molecule has 4 aromatic carbocycles. The Kier molecular flexibility index (Phi) is 7.63. The molecule has 47 heavy (non-hydrogen) atoms. The number of morpholine rings is 1. The number of rotatable bonds is 4. The van der Waals surface area contributed by atoms with E-state index in [4.69, 9.17) is 4.74 Å². The van der Waals surface area contributed by atoms with Crippen molar-refractivity contribution in [3.63, 3.8) is 0 Å². The summed E-state index contributed by atoms with van der Waals surface area (Å²) in [6.07, 6.45) is -4.04. The maximum absolute atomic E-state index is 14.9. The maximum atomic E-state index is 14.9. The molecule has 1 unspecified atom stereocenters. The summed E-state index contributed by atoms with van der Waals surface area (Å²) < 4.78 is 47.2. The van der Waals surface area contributed by atoms with Crippen molar-refractivity contribution >= 4 is 34.8 Å². The van der Waals surface area contributed by atoms with Crippen LogP contribution >= 0.6 is 0 Å². The van der Waals surface area contributed by atoms with Crippen LogP contribution in [0.4, 0.5) is 30.2 Å². The van der Waals surface area contributed by atoms with Crippen LogP contribution in [0.1, 0.15) is 40.4 Å². The van der Waals surface area contributed by atoms with Gasteiger partial charge in [0.1, 0.15) is 0 Å². The number of amides is 3. The molecule has 240 valence electrons. The van der Waals surface area contributed by atoms with Crippen LogP contribution in [0, 0.1) is 0 Å². The van der Waals surface area contributed by atoms with Gasteiger partial charge < -0.3 is 14.5 Å². The van der Waals surface area contributed by atoms with Crippen molar-refractivity contribution in [2.45, 2.75) is 31.4 Å². The zero-order chi connectivity index (χ0) is 32.9. The molecule has 1 atom stereocenters. The lowest BCUT2D eigenvalue weighted by Crippen LogP contribution is -2.53. The van der Waals surface area contributed by atoms with Gasteiger partial charge in [0, 0.05) is 30.9 Å². The van der Waals surface area contributed by atoms with E-state index in [1.165, 1.54) is 15.9 Å². The van der Waals surface area contributed by atoms with Crippen LogP contribution in [-0.4, -0.2) is 55.5 Å². The lowest BCUT2D eigenvalue weighted by Gasteiger charge is -2.32. The van der Waals surface area contributed by atoms with Crippen molar-refractivity contribution in [2.75, 3.05) is 42.6 Å². The van der Waals surface area contributed by atoms with Gasteiger partial charge in [0.25, 0.3) is 11.8 Å². The number of hydrogen-bond donors (Lipinski definition) is 0. The fraction of sp³-hybridized carbons (Fsp3) is 0.270. The van der Waals surface area contributed by atoms with E-state index < -0.39 is 29.0 Å². The molecule has 2 aliphatic heterocycles. The van der Waals surface area contributed by atoms with Crippen molar-refractivity contribution in [1.29, 1.82) is 0 Å². The molecule has 0 radical (unpaired) electrons. The highest BCUT2D eigenvalue weighted by atomic mass is 19.4. The first-order chi connectivity index (χ1) is 22.6. The average Bonchev–Trinajstić information content (AvgIpc) is 3.46. The largest absolute Gasteiger partial charge is 0.416 e. The van der Waals surface area contributed by atoms with Crippen molar-refractivity contribution in [3.05, 3.63) is 113 Å². The Hall–Kier alpha value is -4.96. The van der Waals surface area contributed by atoms with Gasteiger partial charge >= 0.3 is 6.18 Å². The predicted molar refractivity (Wildman–Crippen MR) is 172 cm³/mol. The van der Waals surface area contributed by atoms with Gasteiger partial charge in [-0.05, 0) is 84.5 Å². The molecule has 1 spiro atoms. The molecule has 1 fully saturated rings. The van der Waals surface area contributed by atoms with Gasteiger partial charge in [-0.2, -0.15) is 13.2 Å². The number of benzene rings is 4. The average molecular weight is 640 g/mol. The lowest BCUT2D eigenvalue weighted by atomic mass is 9.78. The minimum absolute atomic E-state index is 0.0138. The number of likely N-dealkylation sites (N-methyl/N-ethyl adjacent to an activating group) is 1. The van der Waals surface area contributed by atoms with Crippen molar-refractivity contribution in [1.82, 2.24) is 4.90 Å². The van der Waals surface area contributed by atoms with Gasteiger partial charge in [-0.1, -0.05) is 48.5 Å². The number of ether oxygens (including phenoxy) is 1. The monoisotopic (exact) mass is 639 g/mol. The second kappa shape index (κ2) is 11.7. The summed E-state index contributed by atoms with van der Waals surface area (Å²) in [5.74, 6) is -1.09. The number of halogens is 3. The molecule has 3 amide bonds. The van der Waals surface area contributed by atoms with Gasteiger partial charge in [0.15, 0.2) is 5.41 Å². The second-order valence-corrected chi connectivity index (χ2v) is 12.0. The zero-order valence-electron chi connectivity index (χ0n) is 25.7. The van der Waals surface area contributed by atoms with Crippen molar-refractivity contribution < 1.29 is 32.3 Å². The highest BCUT2D eigenvalue weighted by Gasteiger charge is 2.57. The maximum Gasteiger partial charge on any atom is 0.416 e. The van der Waals surface area contributed by atoms with Gasteiger partial charge in [-0.15, -0.1) is 0 Å². The van der Waals surface area contributed by atoms with Gasteiger partial charge in [0.05, 0.1) is 30.2 Å². The first-order valence-corrected chi connectivity index (χ1v) is 15.7. The van der Waals surface area contributed by atoms with E-state index >= 15 is 0 Å². The number of alkyl halides is 3. The van der Waals surface area contributed by atoms with Crippen molar-refractivity contribution in [2.24, 2.45) is 0 Å². The van der Waals surface area contributed by atoms with Crippen LogP contribution in [-0.2, 0) is 32.3 Å². The molecule has 2 heterocycles. The Bertz CT molecular complexity index is 1870. The third kappa shape index (κ3) is 5.07.